The summed E-state index contributed by atoms with van der Waals surface area (Å²) in [5.41, 5.74) is 2.07. The van der Waals surface area contributed by atoms with Crippen LogP contribution in [-0.2, 0) is 0 Å². The highest BCUT2D eigenvalue weighted by Gasteiger charge is 2.07. The van der Waals surface area contributed by atoms with Crippen LogP contribution in [0.3, 0.4) is 0 Å². The van der Waals surface area contributed by atoms with E-state index in [-0.39, 0.29) is 0 Å². The zero-order valence-electron chi connectivity index (χ0n) is 11.4. The van der Waals surface area contributed by atoms with Crippen LogP contribution in [0.1, 0.15) is 5.56 Å². The van der Waals surface area contributed by atoms with E-state index in [4.69, 9.17) is 4.74 Å². The van der Waals surface area contributed by atoms with E-state index in [1.807, 2.05) is 36.4 Å². The van der Waals surface area contributed by atoms with Gasteiger partial charge in [0.25, 0.3) is 0 Å². The predicted octanol–water partition coefficient (Wildman–Crippen LogP) is 3.25. The van der Waals surface area contributed by atoms with Crippen molar-refractivity contribution in [3.05, 3.63) is 54.2 Å². The molecule has 3 rings (SSSR count). The molecule has 5 heteroatoms. The van der Waals surface area contributed by atoms with E-state index in [2.05, 4.69) is 21.4 Å². The van der Waals surface area contributed by atoms with Crippen molar-refractivity contribution >= 4 is 22.4 Å². The minimum absolute atomic E-state index is 0.490. The first-order valence-electron chi connectivity index (χ1n) is 6.37. The standard InChI is InChI=1S/C16H12N4O/c1-21-15-7-6-13(10-18-15)19-16-12(9-17)8-11-4-2-3-5-14(11)20-16/h2-8,10H,1H3,(H,19,20). The summed E-state index contributed by atoms with van der Waals surface area (Å²) in [4.78, 5) is 8.61. The van der Waals surface area contributed by atoms with Crippen molar-refractivity contribution in [3.63, 3.8) is 0 Å². The maximum absolute atomic E-state index is 9.27. The molecule has 0 saturated carbocycles. The number of nitrogens with one attached hydrogen (secondary N) is 1. The Balaban J connectivity index is 2.00. The molecule has 0 atom stereocenters. The number of fused-ring (bicyclic) bond motifs is 1. The lowest BCUT2D eigenvalue weighted by molar-refractivity contribution is 0.398. The highest BCUT2D eigenvalue weighted by atomic mass is 16.5. The predicted molar refractivity (Wildman–Crippen MR) is 80.5 cm³/mol. The van der Waals surface area contributed by atoms with Crippen LogP contribution in [0.25, 0.3) is 10.9 Å². The molecule has 0 aliphatic heterocycles. The molecule has 1 N–H and O–H groups in total. The molecule has 0 radical (unpaired) electrons. The molecule has 21 heavy (non-hydrogen) atoms. The van der Waals surface area contributed by atoms with Crippen molar-refractivity contribution < 1.29 is 4.74 Å². The van der Waals surface area contributed by atoms with Gasteiger partial charge >= 0.3 is 0 Å². The maximum atomic E-state index is 9.27. The Morgan fingerprint density at radius 1 is 1.19 bits per heavy atom. The Kier molecular flexibility index (Phi) is 3.36. The van der Waals surface area contributed by atoms with Crippen LogP contribution in [0.2, 0.25) is 0 Å². The molecule has 3 aromatic rings. The van der Waals surface area contributed by atoms with Crippen LogP contribution in [0, 0.1) is 11.3 Å². The zero-order valence-corrected chi connectivity index (χ0v) is 11.4. The molecule has 0 unspecified atom stereocenters. The molecule has 0 amide bonds. The Hall–Kier alpha value is -3.13. The number of hydrogen-bond acceptors (Lipinski definition) is 5. The molecule has 0 spiro atoms. The topological polar surface area (TPSA) is 70.8 Å². The van der Waals surface area contributed by atoms with Gasteiger partial charge in [-0.3, -0.25) is 0 Å². The third kappa shape index (κ3) is 2.60. The first-order valence-corrected chi connectivity index (χ1v) is 6.37. The summed E-state index contributed by atoms with van der Waals surface area (Å²) in [7, 11) is 1.56. The first kappa shape index (κ1) is 12.9. The highest BCUT2D eigenvalue weighted by molar-refractivity contribution is 5.83. The Bertz CT molecular complexity index is 822. The largest absolute Gasteiger partial charge is 0.481 e. The van der Waals surface area contributed by atoms with Gasteiger partial charge in [-0.05, 0) is 18.2 Å². The fraction of sp³-hybridized carbons (Fsp3) is 0.0625. The van der Waals surface area contributed by atoms with E-state index >= 15 is 0 Å². The van der Waals surface area contributed by atoms with Crippen LogP contribution < -0.4 is 10.1 Å². The van der Waals surface area contributed by atoms with E-state index in [9.17, 15) is 5.26 Å². The van der Waals surface area contributed by atoms with Gasteiger partial charge in [0.05, 0.1) is 30.1 Å². The summed E-state index contributed by atoms with van der Waals surface area (Å²) >= 11 is 0. The van der Waals surface area contributed by atoms with Crippen molar-refractivity contribution in [2.45, 2.75) is 0 Å². The highest BCUT2D eigenvalue weighted by Crippen LogP contribution is 2.23. The molecule has 0 saturated heterocycles. The number of benzene rings is 1. The van der Waals surface area contributed by atoms with Gasteiger partial charge in [-0.25, -0.2) is 9.97 Å². The minimum Gasteiger partial charge on any atom is -0.481 e. The SMILES string of the molecule is COc1ccc(Nc2nc3ccccc3cc2C#N)cn1. The number of nitrogens with zero attached hydrogens (tertiary/aromatic N) is 3. The number of rotatable bonds is 3. The van der Waals surface area contributed by atoms with Crippen LogP contribution in [-0.4, -0.2) is 17.1 Å². The first-order chi connectivity index (χ1) is 10.3. The summed E-state index contributed by atoms with van der Waals surface area (Å²) in [5.74, 6) is 1.05. The number of methoxy groups -OCH3 is 1. The van der Waals surface area contributed by atoms with Gasteiger partial charge in [-0.15, -0.1) is 0 Å². The van der Waals surface area contributed by atoms with Gasteiger partial charge in [-0.2, -0.15) is 5.26 Å². The number of aromatic nitrogens is 2. The number of hydrogen-bond donors (Lipinski definition) is 1. The van der Waals surface area contributed by atoms with Crippen molar-refractivity contribution in [2.75, 3.05) is 12.4 Å². The Morgan fingerprint density at radius 3 is 2.76 bits per heavy atom. The van der Waals surface area contributed by atoms with Gasteiger partial charge in [0.2, 0.25) is 5.88 Å². The number of pyridine rings is 2. The third-order valence-electron chi connectivity index (χ3n) is 3.05. The van der Waals surface area contributed by atoms with E-state index in [1.165, 1.54) is 0 Å². The van der Waals surface area contributed by atoms with Gasteiger partial charge in [-0.1, -0.05) is 18.2 Å². The molecule has 102 valence electrons. The third-order valence-corrected chi connectivity index (χ3v) is 3.05. The molecule has 2 aromatic heterocycles. The summed E-state index contributed by atoms with van der Waals surface area (Å²) in [6.07, 6.45) is 1.64. The second-order valence-electron chi connectivity index (χ2n) is 4.40. The molecule has 1 aromatic carbocycles. The number of nitriles is 1. The Morgan fingerprint density at radius 2 is 2.05 bits per heavy atom. The van der Waals surface area contributed by atoms with Crippen molar-refractivity contribution in [3.8, 4) is 11.9 Å². The minimum atomic E-state index is 0.490. The molecule has 0 bridgehead atoms. The molecule has 0 fully saturated rings. The Labute approximate surface area is 121 Å². The number of para-hydroxylation sites is 1. The van der Waals surface area contributed by atoms with E-state index in [0.717, 1.165) is 16.6 Å². The lowest BCUT2D eigenvalue weighted by Crippen LogP contribution is -1.98. The fourth-order valence-corrected chi connectivity index (χ4v) is 2.01. The van der Waals surface area contributed by atoms with Gasteiger partial charge in [0, 0.05) is 11.5 Å². The molecule has 0 aliphatic carbocycles. The lowest BCUT2D eigenvalue weighted by atomic mass is 10.1. The van der Waals surface area contributed by atoms with E-state index in [0.29, 0.717) is 17.3 Å². The van der Waals surface area contributed by atoms with Gasteiger partial charge < -0.3 is 10.1 Å². The lowest BCUT2D eigenvalue weighted by Gasteiger charge is -2.09. The van der Waals surface area contributed by atoms with Crippen LogP contribution in [0.5, 0.6) is 5.88 Å². The fourth-order valence-electron chi connectivity index (χ4n) is 2.01. The monoisotopic (exact) mass is 276 g/mol. The van der Waals surface area contributed by atoms with Crippen molar-refractivity contribution in [1.82, 2.24) is 9.97 Å². The summed E-state index contributed by atoms with van der Waals surface area (Å²) in [6.45, 7) is 0. The second kappa shape index (κ2) is 5.47. The van der Waals surface area contributed by atoms with Crippen LogP contribution in [0.15, 0.2) is 48.7 Å². The maximum Gasteiger partial charge on any atom is 0.213 e. The summed E-state index contributed by atoms with van der Waals surface area (Å²) in [6, 6.07) is 15.2. The molecular formula is C16H12N4O. The van der Waals surface area contributed by atoms with Crippen molar-refractivity contribution in [2.24, 2.45) is 0 Å². The van der Waals surface area contributed by atoms with Crippen LogP contribution in [0.4, 0.5) is 11.5 Å². The number of anilines is 2. The smallest absolute Gasteiger partial charge is 0.213 e. The van der Waals surface area contributed by atoms with Crippen molar-refractivity contribution in [1.29, 1.82) is 5.26 Å². The quantitative estimate of drug-likeness (QED) is 0.795. The molecule has 0 aliphatic rings. The summed E-state index contributed by atoms with van der Waals surface area (Å²) < 4.78 is 5.02. The molecular weight excluding hydrogens is 264 g/mol. The summed E-state index contributed by atoms with van der Waals surface area (Å²) in [5, 5.41) is 13.3. The van der Waals surface area contributed by atoms with Gasteiger partial charge in [0.15, 0.2) is 0 Å². The van der Waals surface area contributed by atoms with E-state index in [1.54, 1.807) is 19.4 Å². The molecule has 5 nitrogen and oxygen atoms in total. The average molecular weight is 276 g/mol. The molecule has 2 heterocycles. The average Bonchev–Trinajstić information content (AvgIpc) is 2.55. The second-order valence-corrected chi connectivity index (χ2v) is 4.40. The normalized spacial score (nSPS) is 10.1. The number of ether oxygens (including phenoxy) is 1. The van der Waals surface area contributed by atoms with E-state index < -0.39 is 0 Å². The zero-order chi connectivity index (χ0) is 14.7. The van der Waals surface area contributed by atoms with Crippen LogP contribution >= 0.6 is 0 Å². The van der Waals surface area contributed by atoms with Gasteiger partial charge in [0.1, 0.15) is 11.9 Å².